The van der Waals surface area contributed by atoms with Gasteiger partial charge in [0.05, 0.1) is 5.41 Å². The minimum atomic E-state index is -0.100. The Morgan fingerprint density at radius 2 is 1.95 bits per heavy atom. The molecule has 2 aliphatic heterocycles. The van der Waals surface area contributed by atoms with E-state index < -0.39 is 0 Å². The largest absolute Gasteiger partial charge is 0.355 e. The van der Waals surface area contributed by atoms with Crippen molar-refractivity contribution in [3.05, 3.63) is 0 Å². The van der Waals surface area contributed by atoms with E-state index in [4.69, 9.17) is 0 Å². The van der Waals surface area contributed by atoms with E-state index in [2.05, 4.69) is 29.5 Å². The van der Waals surface area contributed by atoms with Crippen molar-refractivity contribution in [1.29, 1.82) is 0 Å². The maximum atomic E-state index is 12.5. The smallest absolute Gasteiger partial charge is 0.226 e. The summed E-state index contributed by atoms with van der Waals surface area (Å²) in [7, 11) is 2.18. The molecule has 2 fully saturated rings. The second kappa shape index (κ2) is 6.71. The van der Waals surface area contributed by atoms with Gasteiger partial charge in [0.15, 0.2) is 0 Å². The number of piperidine rings is 2. The van der Waals surface area contributed by atoms with Crippen molar-refractivity contribution in [3.8, 4) is 0 Å². The van der Waals surface area contributed by atoms with Gasteiger partial charge in [-0.1, -0.05) is 6.92 Å². The standard InChI is InChI=1S/C15H29N3O/c1-3-15(6-8-16-9-7-15)14(19)17-12-13-4-10-18(2)11-5-13/h13,16H,3-12H2,1-2H3,(H,17,19). The Morgan fingerprint density at radius 3 is 2.53 bits per heavy atom. The second-order valence-electron chi connectivity index (χ2n) is 6.34. The second-order valence-corrected chi connectivity index (χ2v) is 6.34. The van der Waals surface area contributed by atoms with Gasteiger partial charge in [-0.15, -0.1) is 0 Å². The minimum Gasteiger partial charge on any atom is -0.355 e. The van der Waals surface area contributed by atoms with Crippen LogP contribution in [0.4, 0.5) is 0 Å². The molecule has 0 unspecified atom stereocenters. The molecule has 2 rings (SSSR count). The summed E-state index contributed by atoms with van der Waals surface area (Å²) in [6, 6.07) is 0. The lowest BCUT2D eigenvalue weighted by atomic mass is 9.75. The van der Waals surface area contributed by atoms with Crippen molar-refractivity contribution in [2.45, 2.75) is 39.0 Å². The van der Waals surface area contributed by atoms with Crippen LogP contribution in [0.15, 0.2) is 0 Å². The third-order valence-electron chi connectivity index (χ3n) is 5.11. The zero-order valence-corrected chi connectivity index (χ0v) is 12.5. The lowest BCUT2D eigenvalue weighted by molar-refractivity contribution is -0.133. The van der Waals surface area contributed by atoms with Crippen LogP contribution in [0, 0.1) is 11.3 Å². The molecule has 0 spiro atoms. The normalized spacial score (nSPS) is 25.2. The minimum absolute atomic E-state index is 0.100. The quantitative estimate of drug-likeness (QED) is 0.805. The fourth-order valence-corrected chi connectivity index (χ4v) is 3.34. The number of likely N-dealkylation sites (tertiary alicyclic amines) is 1. The molecule has 0 aromatic carbocycles. The van der Waals surface area contributed by atoms with Gasteiger partial charge >= 0.3 is 0 Å². The van der Waals surface area contributed by atoms with Crippen LogP contribution in [0.2, 0.25) is 0 Å². The van der Waals surface area contributed by atoms with Crippen LogP contribution in [0.3, 0.4) is 0 Å². The highest BCUT2D eigenvalue weighted by Gasteiger charge is 2.37. The molecule has 4 heteroatoms. The monoisotopic (exact) mass is 267 g/mol. The molecule has 4 nitrogen and oxygen atoms in total. The summed E-state index contributed by atoms with van der Waals surface area (Å²) in [6.07, 6.45) is 5.38. The zero-order chi connectivity index (χ0) is 13.7. The molecule has 110 valence electrons. The molecule has 0 bridgehead atoms. The molecule has 0 radical (unpaired) electrons. The number of carbonyl (C=O) groups excluding carboxylic acids is 1. The van der Waals surface area contributed by atoms with Crippen LogP contribution in [-0.2, 0) is 4.79 Å². The summed E-state index contributed by atoms with van der Waals surface area (Å²) in [5.41, 5.74) is -0.100. The predicted octanol–water partition coefficient (Wildman–Crippen LogP) is 1.22. The van der Waals surface area contributed by atoms with Gasteiger partial charge in [0.2, 0.25) is 5.91 Å². The molecule has 0 aromatic rings. The number of amides is 1. The number of hydrogen-bond donors (Lipinski definition) is 2. The van der Waals surface area contributed by atoms with Crippen LogP contribution < -0.4 is 10.6 Å². The fourth-order valence-electron chi connectivity index (χ4n) is 3.34. The van der Waals surface area contributed by atoms with Crippen molar-refractivity contribution in [2.75, 3.05) is 39.8 Å². The van der Waals surface area contributed by atoms with E-state index in [1.54, 1.807) is 0 Å². The Bertz CT molecular complexity index is 292. The first-order valence-electron chi connectivity index (χ1n) is 7.84. The summed E-state index contributed by atoms with van der Waals surface area (Å²) in [5, 5.41) is 6.60. The summed E-state index contributed by atoms with van der Waals surface area (Å²) in [5.74, 6) is 0.978. The topological polar surface area (TPSA) is 44.4 Å². The van der Waals surface area contributed by atoms with Crippen molar-refractivity contribution in [3.63, 3.8) is 0 Å². The maximum Gasteiger partial charge on any atom is 0.226 e. The average molecular weight is 267 g/mol. The Labute approximate surface area is 117 Å². The molecule has 0 saturated carbocycles. The van der Waals surface area contributed by atoms with Gasteiger partial charge in [-0.3, -0.25) is 4.79 Å². The van der Waals surface area contributed by atoms with E-state index in [1.807, 2.05) is 0 Å². The Morgan fingerprint density at radius 1 is 1.32 bits per heavy atom. The highest BCUT2D eigenvalue weighted by Crippen LogP contribution is 2.32. The summed E-state index contributed by atoms with van der Waals surface area (Å²) in [6.45, 7) is 7.33. The molecule has 0 aliphatic carbocycles. The number of hydrogen-bond acceptors (Lipinski definition) is 3. The SMILES string of the molecule is CCC1(C(=O)NCC2CCN(C)CC2)CCNCC1. The first kappa shape index (κ1) is 14.8. The fraction of sp³-hybridized carbons (Fsp3) is 0.933. The number of rotatable bonds is 4. The number of nitrogens with zero attached hydrogens (tertiary/aromatic N) is 1. The van der Waals surface area contributed by atoms with Crippen LogP contribution in [-0.4, -0.2) is 50.6 Å². The van der Waals surface area contributed by atoms with Crippen LogP contribution in [0.1, 0.15) is 39.0 Å². The van der Waals surface area contributed by atoms with Gasteiger partial charge in [0.25, 0.3) is 0 Å². The molecule has 2 heterocycles. The van der Waals surface area contributed by atoms with Gasteiger partial charge in [0, 0.05) is 6.54 Å². The van der Waals surface area contributed by atoms with Crippen molar-refractivity contribution in [1.82, 2.24) is 15.5 Å². The van der Waals surface area contributed by atoms with E-state index >= 15 is 0 Å². The van der Waals surface area contributed by atoms with Crippen molar-refractivity contribution in [2.24, 2.45) is 11.3 Å². The van der Waals surface area contributed by atoms with E-state index in [9.17, 15) is 4.79 Å². The molecule has 19 heavy (non-hydrogen) atoms. The Balaban J connectivity index is 1.79. The van der Waals surface area contributed by atoms with Crippen LogP contribution in [0.5, 0.6) is 0 Å². The van der Waals surface area contributed by atoms with E-state index in [-0.39, 0.29) is 5.41 Å². The zero-order valence-electron chi connectivity index (χ0n) is 12.5. The van der Waals surface area contributed by atoms with E-state index in [0.29, 0.717) is 11.8 Å². The molecular formula is C15H29N3O. The lowest BCUT2D eigenvalue weighted by Gasteiger charge is -2.36. The third kappa shape index (κ3) is 3.69. The predicted molar refractivity (Wildman–Crippen MR) is 78.1 cm³/mol. The van der Waals surface area contributed by atoms with Crippen molar-refractivity contribution >= 4 is 5.91 Å². The molecule has 1 amide bonds. The molecule has 2 N–H and O–H groups in total. The average Bonchev–Trinajstić information content (AvgIpc) is 2.47. The van der Waals surface area contributed by atoms with Gasteiger partial charge in [0.1, 0.15) is 0 Å². The number of nitrogens with one attached hydrogen (secondary N) is 2. The van der Waals surface area contributed by atoms with Crippen LogP contribution >= 0.6 is 0 Å². The first-order valence-corrected chi connectivity index (χ1v) is 7.84. The Hall–Kier alpha value is -0.610. The first-order chi connectivity index (χ1) is 9.16. The maximum absolute atomic E-state index is 12.5. The van der Waals surface area contributed by atoms with E-state index in [0.717, 1.165) is 38.9 Å². The van der Waals surface area contributed by atoms with Gasteiger partial charge in [-0.25, -0.2) is 0 Å². The molecular weight excluding hydrogens is 238 g/mol. The van der Waals surface area contributed by atoms with Gasteiger partial charge < -0.3 is 15.5 Å². The van der Waals surface area contributed by atoms with Gasteiger partial charge in [-0.2, -0.15) is 0 Å². The summed E-state index contributed by atoms with van der Waals surface area (Å²) >= 11 is 0. The molecule has 2 saturated heterocycles. The lowest BCUT2D eigenvalue weighted by Crippen LogP contribution is -2.48. The molecule has 0 atom stereocenters. The number of carbonyl (C=O) groups is 1. The Kier molecular flexibility index (Phi) is 5.22. The van der Waals surface area contributed by atoms with Crippen molar-refractivity contribution < 1.29 is 4.79 Å². The highest BCUT2D eigenvalue weighted by molar-refractivity contribution is 5.82. The van der Waals surface area contributed by atoms with E-state index in [1.165, 1.54) is 25.9 Å². The highest BCUT2D eigenvalue weighted by atomic mass is 16.2. The summed E-state index contributed by atoms with van der Waals surface area (Å²) in [4.78, 5) is 14.9. The molecule has 0 aromatic heterocycles. The third-order valence-corrected chi connectivity index (χ3v) is 5.11. The summed E-state index contributed by atoms with van der Waals surface area (Å²) < 4.78 is 0. The molecule has 2 aliphatic rings. The van der Waals surface area contributed by atoms with Crippen LogP contribution in [0.25, 0.3) is 0 Å². The van der Waals surface area contributed by atoms with Gasteiger partial charge in [-0.05, 0) is 71.2 Å².